The molecule has 0 saturated heterocycles. The number of hydrogen-bond donors (Lipinski definition) is 1. The van der Waals surface area contributed by atoms with E-state index in [1.165, 1.54) is 16.4 Å². The van der Waals surface area contributed by atoms with Gasteiger partial charge < -0.3 is 5.11 Å². The number of hydrogen-bond acceptors (Lipinski definition) is 3. The van der Waals surface area contributed by atoms with Gasteiger partial charge in [-0.1, -0.05) is 39.8 Å². The normalized spacial score (nSPS) is 12.5. The molecule has 0 aromatic heterocycles. The van der Waals surface area contributed by atoms with Crippen LogP contribution < -0.4 is 0 Å². The van der Waals surface area contributed by atoms with E-state index in [-0.39, 0.29) is 10.6 Å². The fourth-order valence-corrected chi connectivity index (χ4v) is 3.52. The minimum absolute atomic E-state index is 0.00230. The van der Waals surface area contributed by atoms with Gasteiger partial charge in [-0.25, -0.2) is 8.42 Å². The standard InChI is InChI=1S/C16H27NO3S/c1-13(2)9-11-17(12-10-14(3)4)21(19,20)16-8-6-5-7-15(16)18/h5-8,13-14,18H,9-12H2,1-4H3. The van der Waals surface area contributed by atoms with Crippen molar-refractivity contribution in [3.63, 3.8) is 0 Å². The Morgan fingerprint density at radius 1 is 1.00 bits per heavy atom. The lowest BCUT2D eigenvalue weighted by Gasteiger charge is -2.24. The molecule has 120 valence electrons. The Labute approximate surface area is 128 Å². The van der Waals surface area contributed by atoms with Crippen molar-refractivity contribution >= 4 is 10.0 Å². The summed E-state index contributed by atoms with van der Waals surface area (Å²) in [7, 11) is -3.64. The highest BCUT2D eigenvalue weighted by molar-refractivity contribution is 7.89. The molecule has 0 aliphatic carbocycles. The number of nitrogens with zero attached hydrogens (tertiary/aromatic N) is 1. The van der Waals surface area contributed by atoms with Gasteiger partial charge in [0.05, 0.1) is 0 Å². The third kappa shape index (κ3) is 5.32. The minimum Gasteiger partial charge on any atom is -0.507 e. The molecule has 0 heterocycles. The van der Waals surface area contributed by atoms with Gasteiger partial charge in [0, 0.05) is 13.1 Å². The van der Waals surface area contributed by atoms with Crippen molar-refractivity contribution in [3.8, 4) is 5.75 Å². The molecule has 4 nitrogen and oxygen atoms in total. The molecular formula is C16H27NO3S. The molecule has 0 atom stereocenters. The average Bonchev–Trinajstić information content (AvgIpc) is 2.37. The molecule has 0 radical (unpaired) electrons. The second-order valence-corrected chi connectivity index (χ2v) is 8.14. The lowest BCUT2D eigenvalue weighted by Crippen LogP contribution is -2.34. The molecule has 0 aliphatic rings. The summed E-state index contributed by atoms with van der Waals surface area (Å²) >= 11 is 0. The molecule has 0 aliphatic heterocycles. The number of phenolic OH excluding ortho intramolecular Hbond substituents is 1. The summed E-state index contributed by atoms with van der Waals surface area (Å²) in [6, 6.07) is 6.13. The predicted octanol–water partition coefficient (Wildman–Crippen LogP) is 3.48. The van der Waals surface area contributed by atoms with Gasteiger partial charge >= 0.3 is 0 Å². The van der Waals surface area contributed by atoms with Crippen LogP contribution in [0, 0.1) is 11.8 Å². The van der Waals surface area contributed by atoms with E-state index in [1.807, 2.05) is 0 Å². The SMILES string of the molecule is CC(C)CCN(CCC(C)C)S(=O)(=O)c1ccccc1O. The van der Waals surface area contributed by atoms with Gasteiger partial charge in [0.25, 0.3) is 0 Å². The van der Waals surface area contributed by atoms with Crippen molar-refractivity contribution in [2.45, 2.75) is 45.4 Å². The largest absolute Gasteiger partial charge is 0.507 e. The third-order valence-corrected chi connectivity index (χ3v) is 5.34. The first-order chi connectivity index (χ1) is 9.75. The Hall–Kier alpha value is -1.07. The molecule has 1 aromatic rings. The molecule has 0 fully saturated rings. The number of para-hydroxylation sites is 1. The first kappa shape index (κ1) is 18.0. The van der Waals surface area contributed by atoms with Crippen LogP contribution in [0.15, 0.2) is 29.2 Å². The van der Waals surface area contributed by atoms with Gasteiger partial charge in [-0.15, -0.1) is 0 Å². The summed E-state index contributed by atoms with van der Waals surface area (Å²) in [5.41, 5.74) is 0. The average molecular weight is 313 g/mol. The lowest BCUT2D eigenvalue weighted by molar-refractivity contribution is 0.354. The van der Waals surface area contributed by atoms with Crippen molar-refractivity contribution in [3.05, 3.63) is 24.3 Å². The van der Waals surface area contributed by atoms with Crippen LogP contribution in [-0.4, -0.2) is 30.9 Å². The van der Waals surface area contributed by atoms with Crippen molar-refractivity contribution in [2.24, 2.45) is 11.8 Å². The lowest BCUT2D eigenvalue weighted by atomic mass is 10.1. The Morgan fingerprint density at radius 3 is 1.90 bits per heavy atom. The maximum absolute atomic E-state index is 12.7. The topological polar surface area (TPSA) is 57.6 Å². The molecule has 0 amide bonds. The second-order valence-electron chi connectivity index (χ2n) is 6.24. The second kappa shape index (κ2) is 7.80. The number of aromatic hydroxyl groups is 1. The first-order valence-electron chi connectivity index (χ1n) is 7.53. The maximum Gasteiger partial charge on any atom is 0.246 e. The molecule has 5 heteroatoms. The van der Waals surface area contributed by atoms with E-state index < -0.39 is 10.0 Å². The Morgan fingerprint density at radius 2 is 1.48 bits per heavy atom. The number of benzene rings is 1. The Balaban J connectivity index is 3.01. The monoisotopic (exact) mass is 313 g/mol. The molecule has 1 rings (SSSR count). The zero-order valence-electron chi connectivity index (χ0n) is 13.4. The zero-order chi connectivity index (χ0) is 16.0. The van der Waals surface area contributed by atoms with Gasteiger partial charge in [-0.2, -0.15) is 4.31 Å². The molecule has 0 bridgehead atoms. The fraction of sp³-hybridized carbons (Fsp3) is 0.625. The molecular weight excluding hydrogens is 286 g/mol. The van der Waals surface area contributed by atoms with Crippen LogP contribution in [0.4, 0.5) is 0 Å². The summed E-state index contributed by atoms with van der Waals surface area (Å²) in [4.78, 5) is -0.00230. The number of rotatable bonds is 8. The van der Waals surface area contributed by atoms with Crippen LogP contribution in [0.1, 0.15) is 40.5 Å². The van der Waals surface area contributed by atoms with Crippen molar-refractivity contribution in [2.75, 3.05) is 13.1 Å². The summed E-state index contributed by atoms with van der Waals surface area (Å²) < 4.78 is 27.0. The molecule has 21 heavy (non-hydrogen) atoms. The van der Waals surface area contributed by atoms with Gasteiger partial charge in [-0.3, -0.25) is 0 Å². The van der Waals surface area contributed by atoms with Crippen molar-refractivity contribution in [1.82, 2.24) is 4.31 Å². The number of phenols is 1. The third-order valence-electron chi connectivity index (χ3n) is 3.39. The van der Waals surface area contributed by atoms with Crippen molar-refractivity contribution < 1.29 is 13.5 Å². The summed E-state index contributed by atoms with van der Waals surface area (Å²) in [5.74, 6) is 0.689. The van der Waals surface area contributed by atoms with Gasteiger partial charge in [0.15, 0.2) is 0 Å². The molecule has 1 N–H and O–H groups in total. The quantitative estimate of drug-likeness (QED) is 0.799. The van der Waals surface area contributed by atoms with E-state index in [0.717, 1.165) is 12.8 Å². The summed E-state index contributed by atoms with van der Waals surface area (Å²) in [6.45, 7) is 9.28. The van der Waals surface area contributed by atoms with Gasteiger partial charge in [0.2, 0.25) is 10.0 Å². The summed E-state index contributed by atoms with van der Waals surface area (Å²) in [6.07, 6.45) is 1.62. The Bertz CT molecular complexity index is 526. The van der Waals surface area contributed by atoms with Crippen LogP contribution in [0.5, 0.6) is 5.75 Å². The maximum atomic E-state index is 12.7. The number of sulfonamides is 1. The van der Waals surface area contributed by atoms with Crippen molar-refractivity contribution in [1.29, 1.82) is 0 Å². The van der Waals surface area contributed by atoms with Crippen LogP contribution in [0.2, 0.25) is 0 Å². The fourth-order valence-electron chi connectivity index (χ4n) is 1.97. The highest BCUT2D eigenvalue weighted by Crippen LogP contribution is 2.26. The molecule has 0 unspecified atom stereocenters. The van der Waals surface area contributed by atoms with E-state index in [1.54, 1.807) is 12.1 Å². The van der Waals surface area contributed by atoms with E-state index in [0.29, 0.717) is 24.9 Å². The van der Waals surface area contributed by atoms with E-state index in [9.17, 15) is 13.5 Å². The highest BCUT2D eigenvalue weighted by atomic mass is 32.2. The van der Waals surface area contributed by atoms with E-state index in [2.05, 4.69) is 27.7 Å². The molecule has 0 saturated carbocycles. The minimum atomic E-state index is -3.64. The van der Waals surface area contributed by atoms with E-state index >= 15 is 0 Å². The van der Waals surface area contributed by atoms with Gasteiger partial charge in [-0.05, 0) is 36.8 Å². The first-order valence-corrected chi connectivity index (χ1v) is 8.97. The van der Waals surface area contributed by atoms with Crippen LogP contribution in [0.25, 0.3) is 0 Å². The van der Waals surface area contributed by atoms with E-state index in [4.69, 9.17) is 0 Å². The predicted molar refractivity (Wildman–Crippen MR) is 85.8 cm³/mol. The highest BCUT2D eigenvalue weighted by Gasteiger charge is 2.26. The van der Waals surface area contributed by atoms with Gasteiger partial charge in [0.1, 0.15) is 10.6 Å². The zero-order valence-corrected chi connectivity index (χ0v) is 14.2. The van der Waals surface area contributed by atoms with Crippen LogP contribution >= 0.6 is 0 Å². The molecule has 1 aromatic carbocycles. The van der Waals surface area contributed by atoms with Crippen LogP contribution in [-0.2, 0) is 10.0 Å². The summed E-state index contributed by atoms with van der Waals surface area (Å²) in [5, 5.41) is 9.84. The van der Waals surface area contributed by atoms with Crippen LogP contribution in [0.3, 0.4) is 0 Å². The molecule has 0 spiro atoms. The smallest absolute Gasteiger partial charge is 0.246 e. The Kier molecular flexibility index (Phi) is 6.68.